The van der Waals surface area contributed by atoms with Gasteiger partial charge in [0, 0.05) is 25.2 Å². The number of halogens is 1. The van der Waals surface area contributed by atoms with Gasteiger partial charge in [0.2, 0.25) is 6.79 Å². The molecule has 2 heterocycles. The maximum absolute atomic E-state index is 15.3. The molecule has 0 saturated carbocycles. The number of fused-ring (bicyclic) bond motifs is 1. The van der Waals surface area contributed by atoms with Crippen LogP contribution in [0.25, 0.3) is 17.5 Å². The van der Waals surface area contributed by atoms with Crippen molar-refractivity contribution >= 4 is 6.08 Å². The summed E-state index contributed by atoms with van der Waals surface area (Å²) in [4.78, 5) is 6.90. The van der Waals surface area contributed by atoms with Crippen molar-refractivity contribution in [1.82, 2.24) is 14.5 Å². The standard InChI is InChI=1S/C31H32FN3O2/c1-2-3-16-35-28(19-33-31(35)26-12-8-5-9-13-26)22-34(21-27(32)17-24-10-6-4-7-11-24)20-25-14-15-29-30(18-25)37-23-36-29/h4-15,17-19H,2-3,16,20-23H2,1H3/b27-17+. The molecule has 1 aliphatic heterocycles. The van der Waals surface area contributed by atoms with E-state index in [1.165, 1.54) is 0 Å². The lowest BCUT2D eigenvalue weighted by atomic mass is 10.1. The van der Waals surface area contributed by atoms with Crippen LogP contribution in [0, 0.1) is 0 Å². The lowest BCUT2D eigenvalue weighted by Gasteiger charge is -2.23. The van der Waals surface area contributed by atoms with E-state index < -0.39 is 0 Å². The van der Waals surface area contributed by atoms with E-state index >= 15 is 4.39 Å². The van der Waals surface area contributed by atoms with Crippen molar-refractivity contribution in [3.8, 4) is 22.9 Å². The van der Waals surface area contributed by atoms with E-state index in [0.29, 0.717) is 13.1 Å². The summed E-state index contributed by atoms with van der Waals surface area (Å²) in [6, 6.07) is 25.8. The van der Waals surface area contributed by atoms with Crippen LogP contribution in [0.4, 0.5) is 4.39 Å². The molecule has 37 heavy (non-hydrogen) atoms. The van der Waals surface area contributed by atoms with Crippen molar-refractivity contribution in [2.45, 2.75) is 39.4 Å². The molecule has 3 aromatic carbocycles. The number of hydrogen-bond acceptors (Lipinski definition) is 4. The third-order valence-corrected chi connectivity index (χ3v) is 6.43. The summed E-state index contributed by atoms with van der Waals surface area (Å²) >= 11 is 0. The Bertz CT molecular complexity index is 1340. The number of rotatable bonds is 11. The molecule has 0 bridgehead atoms. The van der Waals surface area contributed by atoms with Crippen LogP contribution in [0.2, 0.25) is 0 Å². The molecule has 0 saturated heterocycles. The zero-order valence-corrected chi connectivity index (χ0v) is 21.1. The predicted octanol–water partition coefficient (Wildman–Crippen LogP) is 7.09. The molecule has 4 aromatic rings. The van der Waals surface area contributed by atoms with Crippen LogP contribution in [-0.4, -0.2) is 27.8 Å². The molecule has 5 nitrogen and oxygen atoms in total. The van der Waals surface area contributed by atoms with E-state index in [9.17, 15) is 0 Å². The zero-order chi connectivity index (χ0) is 25.5. The van der Waals surface area contributed by atoms with Gasteiger partial charge in [0.25, 0.3) is 0 Å². The summed E-state index contributed by atoms with van der Waals surface area (Å²) < 4.78 is 28.6. The first-order chi connectivity index (χ1) is 18.2. The van der Waals surface area contributed by atoms with Gasteiger partial charge in [-0.3, -0.25) is 4.90 Å². The first-order valence-corrected chi connectivity index (χ1v) is 12.8. The summed E-state index contributed by atoms with van der Waals surface area (Å²) in [5.74, 6) is 2.25. The third-order valence-electron chi connectivity index (χ3n) is 6.43. The SMILES string of the molecule is CCCCn1c(CN(C/C(F)=C\c2ccccc2)Cc2ccc3c(c2)OCO3)cnc1-c1ccccc1. The molecule has 5 rings (SSSR count). The summed E-state index contributed by atoms with van der Waals surface area (Å²) in [5, 5.41) is 0. The minimum atomic E-state index is -0.185. The van der Waals surface area contributed by atoms with Gasteiger partial charge in [0.1, 0.15) is 11.7 Å². The Kier molecular flexibility index (Phi) is 7.96. The van der Waals surface area contributed by atoms with Crippen LogP contribution in [-0.2, 0) is 19.6 Å². The number of imidazole rings is 1. The zero-order valence-electron chi connectivity index (χ0n) is 21.1. The number of ether oxygens (including phenoxy) is 2. The van der Waals surface area contributed by atoms with Crippen LogP contribution >= 0.6 is 0 Å². The lowest BCUT2D eigenvalue weighted by Crippen LogP contribution is -2.26. The second-order valence-electron chi connectivity index (χ2n) is 9.28. The number of benzene rings is 3. The second-order valence-corrected chi connectivity index (χ2v) is 9.28. The molecule has 0 N–H and O–H groups in total. The van der Waals surface area contributed by atoms with Crippen molar-refractivity contribution in [3.05, 3.63) is 108 Å². The summed E-state index contributed by atoms with van der Waals surface area (Å²) in [6.07, 6.45) is 5.68. The van der Waals surface area contributed by atoms with Crippen LogP contribution in [0.3, 0.4) is 0 Å². The molecular weight excluding hydrogens is 465 g/mol. The summed E-state index contributed by atoms with van der Waals surface area (Å²) in [5.41, 5.74) is 4.05. The maximum Gasteiger partial charge on any atom is 0.231 e. The lowest BCUT2D eigenvalue weighted by molar-refractivity contribution is 0.174. The molecule has 0 amide bonds. The summed E-state index contributed by atoms with van der Waals surface area (Å²) in [6.45, 7) is 4.60. The van der Waals surface area contributed by atoms with Crippen molar-refractivity contribution in [2.75, 3.05) is 13.3 Å². The molecule has 0 atom stereocenters. The Labute approximate surface area is 217 Å². The van der Waals surface area contributed by atoms with Crippen LogP contribution < -0.4 is 9.47 Å². The normalized spacial score (nSPS) is 12.9. The van der Waals surface area contributed by atoms with Crippen LogP contribution in [0.5, 0.6) is 11.5 Å². The van der Waals surface area contributed by atoms with Gasteiger partial charge in [-0.15, -0.1) is 0 Å². The van der Waals surface area contributed by atoms with E-state index in [4.69, 9.17) is 14.5 Å². The minimum Gasteiger partial charge on any atom is -0.454 e. The largest absolute Gasteiger partial charge is 0.454 e. The highest BCUT2D eigenvalue weighted by molar-refractivity contribution is 5.56. The highest BCUT2D eigenvalue weighted by Gasteiger charge is 2.19. The molecule has 0 aliphatic carbocycles. The smallest absolute Gasteiger partial charge is 0.231 e. The third kappa shape index (κ3) is 6.27. The quantitative estimate of drug-likeness (QED) is 0.222. The number of hydrogen-bond donors (Lipinski definition) is 0. The number of unbranched alkanes of at least 4 members (excludes halogenated alkanes) is 1. The van der Waals surface area contributed by atoms with Gasteiger partial charge in [0.05, 0.1) is 18.4 Å². The Balaban J connectivity index is 1.43. The van der Waals surface area contributed by atoms with Gasteiger partial charge in [-0.25, -0.2) is 9.37 Å². The van der Waals surface area contributed by atoms with Gasteiger partial charge in [-0.05, 0) is 35.8 Å². The maximum atomic E-state index is 15.3. The fraction of sp³-hybridized carbons (Fsp3) is 0.258. The molecule has 0 radical (unpaired) electrons. The molecule has 0 fully saturated rings. The monoisotopic (exact) mass is 497 g/mol. The average molecular weight is 498 g/mol. The van der Waals surface area contributed by atoms with Gasteiger partial charge < -0.3 is 14.0 Å². The molecule has 1 aromatic heterocycles. The Morgan fingerprint density at radius 1 is 0.973 bits per heavy atom. The van der Waals surface area contributed by atoms with Gasteiger partial charge in [-0.1, -0.05) is 80.1 Å². The molecule has 1 aliphatic rings. The van der Waals surface area contributed by atoms with E-state index in [1.54, 1.807) is 6.08 Å². The van der Waals surface area contributed by atoms with Crippen molar-refractivity contribution in [2.24, 2.45) is 0 Å². The second kappa shape index (κ2) is 11.9. The molecular formula is C31H32FN3O2. The van der Waals surface area contributed by atoms with Gasteiger partial charge in [-0.2, -0.15) is 0 Å². The predicted molar refractivity (Wildman–Crippen MR) is 145 cm³/mol. The van der Waals surface area contributed by atoms with Crippen LogP contribution in [0.1, 0.15) is 36.6 Å². The molecule has 0 spiro atoms. The van der Waals surface area contributed by atoms with E-state index in [1.807, 2.05) is 72.9 Å². The number of nitrogens with zero attached hydrogens (tertiary/aromatic N) is 3. The highest BCUT2D eigenvalue weighted by atomic mass is 19.1. The Morgan fingerprint density at radius 2 is 1.73 bits per heavy atom. The summed E-state index contributed by atoms with van der Waals surface area (Å²) in [7, 11) is 0. The Morgan fingerprint density at radius 3 is 2.51 bits per heavy atom. The Hall–Kier alpha value is -3.90. The molecule has 190 valence electrons. The van der Waals surface area contributed by atoms with Gasteiger partial charge >= 0.3 is 0 Å². The topological polar surface area (TPSA) is 39.5 Å². The van der Waals surface area contributed by atoms with Crippen LogP contribution in [0.15, 0.2) is 90.9 Å². The molecule has 6 heteroatoms. The first-order valence-electron chi connectivity index (χ1n) is 12.8. The van der Waals surface area contributed by atoms with Crippen molar-refractivity contribution < 1.29 is 13.9 Å². The fourth-order valence-electron chi connectivity index (χ4n) is 4.60. The van der Waals surface area contributed by atoms with Crippen molar-refractivity contribution in [3.63, 3.8) is 0 Å². The van der Waals surface area contributed by atoms with E-state index in [2.05, 4.69) is 28.5 Å². The molecule has 0 unspecified atom stereocenters. The minimum absolute atomic E-state index is 0.183. The average Bonchev–Trinajstić information content (AvgIpc) is 3.55. The van der Waals surface area contributed by atoms with E-state index in [0.717, 1.165) is 59.1 Å². The van der Waals surface area contributed by atoms with Gasteiger partial charge in [0.15, 0.2) is 11.5 Å². The fourth-order valence-corrected chi connectivity index (χ4v) is 4.60. The van der Waals surface area contributed by atoms with Crippen molar-refractivity contribution in [1.29, 1.82) is 0 Å². The van der Waals surface area contributed by atoms with E-state index in [-0.39, 0.29) is 19.2 Å². The first kappa shape index (κ1) is 24.8. The number of aromatic nitrogens is 2. The highest BCUT2D eigenvalue weighted by Crippen LogP contribution is 2.33.